The van der Waals surface area contributed by atoms with Gasteiger partial charge >= 0.3 is 0 Å². The standard InChI is InChI=1S/C22H37N5O3.HI/c1-5-17(6-2)21(29)27-13-8-18(9-14-27)26-22(23-4)25-12-7-11-24-20(28)19-16(3)10-15-30-19;/h10,15,17-18H,5-9,11-14H2,1-4H3,(H,24,28)(H2,23,25,26);1H. The zero-order chi connectivity index (χ0) is 21.9. The van der Waals surface area contributed by atoms with Gasteiger partial charge in [-0.1, -0.05) is 13.8 Å². The molecule has 0 saturated carbocycles. The van der Waals surface area contributed by atoms with Crippen molar-refractivity contribution in [2.75, 3.05) is 33.2 Å². The maximum absolute atomic E-state index is 12.5. The molecule has 176 valence electrons. The molecule has 1 fully saturated rings. The minimum atomic E-state index is -0.185. The van der Waals surface area contributed by atoms with Crippen LogP contribution in [0.5, 0.6) is 0 Å². The Kier molecular flexibility index (Phi) is 12.6. The Bertz CT molecular complexity index is 710. The molecule has 9 heteroatoms. The number of nitrogens with zero attached hydrogens (tertiary/aromatic N) is 2. The van der Waals surface area contributed by atoms with Crippen molar-refractivity contribution in [2.45, 2.75) is 58.9 Å². The molecule has 1 saturated heterocycles. The van der Waals surface area contributed by atoms with Gasteiger partial charge in [-0.05, 0) is 45.1 Å². The minimum Gasteiger partial charge on any atom is -0.459 e. The van der Waals surface area contributed by atoms with Gasteiger partial charge in [0.25, 0.3) is 5.91 Å². The van der Waals surface area contributed by atoms with E-state index in [1.165, 1.54) is 6.26 Å². The first-order chi connectivity index (χ1) is 14.5. The number of furan rings is 1. The Morgan fingerprint density at radius 3 is 2.39 bits per heavy atom. The van der Waals surface area contributed by atoms with E-state index in [1.54, 1.807) is 13.1 Å². The topological polar surface area (TPSA) is 99.0 Å². The summed E-state index contributed by atoms with van der Waals surface area (Å²) in [6.45, 7) is 8.86. The van der Waals surface area contributed by atoms with Crippen LogP contribution in [-0.4, -0.2) is 61.9 Å². The molecular weight excluding hydrogens is 509 g/mol. The van der Waals surface area contributed by atoms with Crippen molar-refractivity contribution >= 4 is 41.8 Å². The Balaban J connectivity index is 0.00000480. The van der Waals surface area contributed by atoms with Crippen LogP contribution in [0.4, 0.5) is 0 Å². The first-order valence-electron chi connectivity index (χ1n) is 11.1. The average molecular weight is 547 g/mol. The second kappa shape index (κ2) is 14.3. The van der Waals surface area contributed by atoms with E-state index in [9.17, 15) is 9.59 Å². The smallest absolute Gasteiger partial charge is 0.287 e. The molecule has 0 aromatic carbocycles. The van der Waals surface area contributed by atoms with Crippen LogP contribution in [0.3, 0.4) is 0 Å². The lowest BCUT2D eigenvalue weighted by Crippen LogP contribution is -2.50. The molecule has 3 N–H and O–H groups in total. The summed E-state index contributed by atoms with van der Waals surface area (Å²) in [5, 5.41) is 9.60. The van der Waals surface area contributed by atoms with Crippen molar-refractivity contribution in [2.24, 2.45) is 10.9 Å². The molecule has 0 spiro atoms. The van der Waals surface area contributed by atoms with Crippen LogP contribution in [0.2, 0.25) is 0 Å². The molecule has 0 atom stereocenters. The third-order valence-corrected chi connectivity index (χ3v) is 5.71. The molecule has 0 bridgehead atoms. The molecule has 1 aliphatic rings. The Morgan fingerprint density at radius 2 is 1.84 bits per heavy atom. The van der Waals surface area contributed by atoms with E-state index in [0.717, 1.165) is 56.7 Å². The highest BCUT2D eigenvalue weighted by molar-refractivity contribution is 14.0. The fourth-order valence-electron chi connectivity index (χ4n) is 3.71. The molecule has 2 rings (SSSR count). The number of likely N-dealkylation sites (tertiary alicyclic amines) is 1. The highest BCUT2D eigenvalue weighted by Gasteiger charge is 2.26. The number of piperidine rings is 1. The summed E-state index contributed by atoms with van der Waals surface area (Å²) >= 11 is 0. The number of carbonyl (C=O) groups is 2. The Labute approximate surface area is 203 Å². The molecule has 1 aromatic rings. The van der Waals surface area contributed by atoms with Crippen LogP contribution < -0.4 is 16.0 Å². The molecule has 0 unspecified atom stereocenters. The number of nitrogens with one attached hydrogen (secondary N) is 3. The number of carbonyl (C=O) groups excluding carboxylic acids is 2. The van der Waals surface area contributed by atoms with Crippen molar-refractivity contribution in [3.8, 4) is 0 Å². The summed E-state index contributed by atoms with van der Waals surface area (Å²) in [5.74, 6) is 1.39. The number of halogens is 1. The Morgan fingerprint density at radius 1 is 1.19 bits per heavy atom. The largest absolute Gasteiger partial charge is 0.459 e. The van der Waals surface area contributed by atoms with Gasteiger partial charge in [0.05, 0.1) is 6.26 Å². The molecule has 1 aliphatic heterocycles. The quantitative estimate of drug-likeness (QED) is 0.191. The number of hydrogen-bond donors (Lipinski definition) is 3. The molecule has 2 heterocycles. The molecule has 0 radical (unpaired) electrons. The van der Waals surface area contributed by atoms with Crippen LogP contribution in [0.1, 0.15) is 62.1 Å². The second-order valence-corrected chi connectivity index (χ2v) is 7.80. The van der Waals surface area contributed by atoms with E-state index in [0.29, 0.717) is 30.8 Å². The second-order valence-electron chi connectivity index (χ2n) is 7.80. The van der Waals surface area contributed by atoms with Gasteiger partial charge in [0, 0.05) is 50.7 Å². The summed E-state index contributed by atoms with van der Waals surface area (Å²) < 4.78 is 5.19. The van der Waals surface area contributed by atoms with Crippen LogP contribution in [-0.2, 0) is 4.79 Å². The minimum absolute atomic E-state index is 0. The van der Waals surface area contributed by atoms with Crippen LogP contribution in [0.25, 0.3) is 0 Å². The molecule has 31 heavy (non-hydrogen) atoms. The van der Waals surface area contributed by atoms with Gasteiger partial charge in [0.15, 0.2) is 11.7 Å². The van der Waals surface area contributed by atoms with Gasteiger partial charge in [-0.25, -0.2) is 0 Å². The summed E-state index contributed by atoms with van der Waals surface area (Å²) in [6, 6.07) is 2.09. The normalized spacial score (nSPS) is 14.9. The van der Waals surface area contributed by atoms with Crippen LogP contribution in [0.15, 0.2) is 21.7 Å². The van der Waals surface area contributed by atoms with Gasteiger partial charge in [0.2, 0.25) is 5.91 Å². The molecular formula is C22H38IN5O3. The maximum Gasteiger partial charge on any atom is 0.287 e. The van der Waals surface area contributed by atoms with Crippen molar-refractivity contribution < 1.29 is 14.0 Å². The number of guanidine groups is 1. The van der Waals surface area contributed by atoms with Crippen molar-refractivity contribution in [1.82, 2.24) is 20.9 Å². The van der Waals surface area contributed by atoms with Crippen LogP contribution >= 0.6 is 24.0 Å². The summed E-state index contributed by atoms with van der Waals surface area (Å²) in [5.41, 5.74) is 0.836. The number of hydrogen-bond acceptors (Lipinski definition) is 4. The van der Waals surface area contributed by atoms with Gasteiger partial charge in [-0.3, -0.25) is 14.6 Å². The fourth-order valence-corrected chi connectivity index (χ4v) is 3.71. The fraction of sp³-hybridized carbons (Fsp3) is 0.682. The summed E-state index contributed by atoms with van der Waals surface area (Å²) in [7, 11) is 1.75. The lowest BCUT2D eigenvalue weighted by atomic mass is 9.98. The van der Waals surface area contributed by atoms with E-state index in [1.807, 2.05) is 11.8 Å². The number of aryl methyl sites for hydroxylation is 1. The molecule has 2 amide bonds. The van der Waals surface area contributed by atoms with E-state index >= 15 is 0 Å². The third-order valence-electron chi connectivity index (χ3n) is 5.71. The lowest BCUT2D eigenvalue weighted by molar-refractivity contribution is -0.136. The lowest BCUT2D eigenvalue weighted by Gasteiger charge is -2.34. The third kappa shape index (κ3) is 8.34. The zero-order valence-corrected chi connectivity index (χ0v) is 21.5. The maximum atomic E-state index is 12.5. The predicted molar refractivity (Wildman–Crippen MR) is 134 cm³/mol. The van der Waals surface area contributed by atoms with Crippen LogP contribution in [0, 0.1) is 12.8 Å². The van der Waals surface area contributed by atoms with Crippen molar-refractivity contribution in [1.29, 1.82) is 0 Å². The number of rotatable bonds is 9. The average Bonchev–Trinajstić information content (AvgIpc) is 3.19. The van der Waals surface area contributed by atoms with E-state index in [2.05, 4.69) is 34.8 Å². The first-order valence-corrected chi connectivity index (χ1v) is 11.1. The van der Waals surface area contributed by atoms with E-state index in [4.69, 9.17) is 4.42 Å². The van der Waals surface area contributed by atoms with E-state index in [-0.39, 0.29) is 35.8 Å². The van der Waals surface area contributed by atoms with Gasteiger partial charge in [-0.15, -0.1) is 24.0 Å². The zero-order valence-electron chi connectivity index (χ0n) is 19.2. The van der Waals surface area contributed by atoms with Gasteiger partial charge in [-0.2, -0.15) is 0 Å². The Hall–Kier alpha value is -1.78. The summed E-state index contributed by atoms with van der Waals surface area (Å²) in [6.07, 6.45) is 5.95. The highest BCUT2D eigenvalue weighted by atomic mass is 127. The van der Waals surface area contributed by atoms with Crippen molar-refractivity contribution in [3.63, 3.8) is 0 Å². The molecule has 8 nitrogen and oxygen atoms in total. The highest BCUT2D eigenvalue weighted by Crippen LogP contribution is 2.17. The van der Waals surface area contributed by atoms with Crippen molar-refractivity contribution in [3.05, 3.63) is 23.7 Å². The van der Waals surface area contributed by atoms with E-state index < -0.39 is 0 Å². The number of aliphatic imine (C=N–C) groups is 1. The summed E-state index contributed by atoms with van der Waals surface area (Å²) in [4.78, 5) is 30.8. The first kappa shape index (κ1) is 27.3. The molecule has 0 aliphatic carbocycles. The SMILES string of the molecule is CCC(CC)C(=O)N1CCC(NC(=NC)NCCCNC(=O)c2occc2C)CC1.I. The predicted octanol–water partition coefficient (Wildman–Crippen LogP) is 2.92. The van der Waals surface area contributed by atoms with Gasteiger partial charge in [0.1, 0.15) is 0 Å². The number of amides is 2. The monoisotopic (exact) mass is 547 g/mol. The van der Waals surface area contributed by atoms with Gasteiger partial charge < -0.3 is 25.3 Å². The molecule has 1 aromatic heterocycles.